The molecular weight excluding hydrogens is 419 g/mol. The summed E-state index contributed by atoms with van der Waals surface area (Å²) in [6, 6.07) is 0. The summed E-state index contributed by atoms with van der Waals surface area (Å²) in [4.78, 5) is 8.98. The van der Waals surface area contributed by atoms with Crippen molar-refractivity contribution in [3.8, 4) is 0 Å². The molecule has 1 aliphatic carbocycles. The van der Waals surface area contributed by atoms with Gasteiger partial charge in [-0.25, -0.2) is 4.98 Å². The molecule has 23 heavy (non-hydrogen) atoms. The Morgan fingerprint density at radius 3 is 2.70 bits per heavy atom. The number of rotatable bonds is 5. The molecule has 1 fully saturated rings. The summed E-state index contributed by atoms with van der Waals surface area (Å²) in [5, 5.41) is 10.1. The third-order valence-corrected chi connectivity index (χ3v) is 5.48. The molecule has 1 aromatic rings. The van der Waals surface area contributed by atoms with Crippen molar-refractivity contribution in [1.82, 2.24) is 15.6 Å². The van der Waals surface area contributed by atoms with Gasteiger partial charge in [0.05, 0.1) is 12.2 Å². The second-order valence-corrected chi connectivity index (χ2v) is 7.59. The average molecular weight is 450 g/mol. The van der Waals surface area contributed by atoms with E-state index in [1.54, 1.807) is 11.3 Å². The Kier molecular flexibility index (Phi) is 9.43. The molecule has 0 radical (unpaired) electrons. The number of nitrogens with zero attached hydrogens (tertiary/aromatic N) is 2. The van der Waals surface area contributed by atoms with Gasteiger partial charge >= 0.3 is 0 Å². The number of thiazole rings is 1. The van der Waals surface area contributed by atoms with Crippen LogP contribution in [0, 0.1) is 11.8 Å². The van der Waals surface area contributed by atoms with Crippen LogP contribution in [0.5, 0.6) is 0 Å². The zero-order valence-electron chi connectivity index (χ0n) is 14.8. The number of halogens is 1. The minimum Gasteiger partial charge on any atom is -0.356 e. The molecule has 0 aromatic carbocycles. The van der Waals surface area contributed by atoms with Gasteiger partial charge < -0.3 is 10.6 Å². The third kappa shape index (κ3) is 6.57. The van der Waals surface area contributed by atoms with Crippen LogP contribution in [0.3, 0.4) is 0 Å². The standard InChI is InChI=1S/C17H30N4S.HI/c1-12(2)15-11-22-16(21-15)10-20-17(18-4)19-9-14-8-6-5-7-13(14)3;/h11-14H,5-10H2,1-4H3,(H2,18,19,20);1H. The Bertz CT molecular complexity index is 487. The number of nitrogens with one attached hydrogen (secondary N) is 2. The van der Waals surface area contributed by atoms with Crippen LogP contribution in [0.25, 0.3) is 0 Å². The van der Waals surface area contributed by atoms with Gasteiger partial charge in [0.1, 0.15) is 5.01 Å². The molecule has 2 atom stereocenters. The molecule has 1 aliphatic rings. The van der Waals surface area contributed by atoms with Crippen LogP contribution in [0.2, 0.25) is 0 Å². The molecule has 6 heteroatoms. The monoisotopic (exact) mass is 450 g/mol. The largest absolute Gasteiger partial charge is 0.356 e. The predicted molar refractivity (Wildman–Crippen MR) is 111 cm³/mol. The third-order valence-electron chi connectivity index (χ3n) is 4.61. The van der Waals surface area contributed by atoms with Crippen molar-refractivity contribution in [2.75, 3.05) is 13.6 Å². The molecule has 132 valence electrons. The first-order chi connectivity index (χ1) is 10.6. The highest BCUT2D eigenvalue weighted by atomic mass is 127. The molecule has 0 bridgehead atoms. The normalized spacial score (nSPS) is 21.9. The van der Waals surface area contributed by atoms with Crippen LogP contribution in [0.4, 0.5) is 0 Å². The van der Waals surface area contributed by atoms with Gasteiger partial charge in [-0.05, 0) is 24.2 Å². The van der Waals surface area contributed by atoms with Gasteiger partial charge in [0.25, 0.3) is 0 Å². The molecule has 1 heterocycles. The average Bonchev–Trinajstić information content (AvgIpc) is 2.98. The van der Waals surface area contributed by atoms with E-state index in [2.05, 4.69) is 46.8 Å². The Hall–Kier alpha value is -0.370. The van der Waals surface area contributed by atoms with Crippen molar-refractivity contribution in [1.29, 1.82) is 0 Å². The van der Waals surface area contributed by atoms with E-state index in [4.69, 9.17) is 0 Å². The van der Waals surface area contributed by atoms with E-state index in [-0.39, 0.29) is 24.0 Å². The van der Waals surface area contributed by atoms with Crippen LogP contribution in [-0.4, -0.2) is 24.5 Å². The quantitative estimate of drug-likeness (QED) is 0.398. The summed E-state index contributed by atoms with van der Waals surface area (Å²) < 4.78 is 0. The van der Waals surface area contributed by atoms with Crippen molar-refractivity contribution in [2.45, 2.75) is 58.9 Å². The Balaban J connectivity index is 0.00000264. The number of aliphatic imine (C=N–C) groups is 1. The molecule has 2 rings (SSSR count). The number of aromatic nitrogens is 1. The molecule has 2 N–H and O–H groups in total. The van der Waals surface area contributed by atoms with E-state index >= 15 is 0 Å². The van der Waals surface area contributed by atoms with E-state index in [1.807, 2.05) is 7.05 Å². The SMILES string of the molecule is CN=C(NCc1nc(C(C)C)cs1)NCC1CCCCC1C.I. The molecule has 0 amide bonds. The smallest absolute Gasteiger partial charge is 0.191 e. The van der Waals surface area contributed by atoms with Gasteiger partial charge in [0.2, 0.25) is 0 Å². The van der Waals surface area contributed by atoms with Crippen LogP contribution in [-0.2, 0) is 6.54 Å². The second-order valence-electron chi connectivity index (χ2n) is 6.65. The maximum absolute atomic E-state index is 4.65. The number of hydrogen-bond acceptors (Lipinski definition) is 3. The lowest BCUT2D eigenvalue weighted by Crippen LogP contribution is -2.41. The molecule has 0 saturated heterocycles. The maximum Gasteiger partial charge on any atom is 0.191 e. The van der Waals surface area contributed by atoms with E-state index in [1.165, 1.54) is 31.4 Å². The highest BCUT2D eigenvalue weighted by Crippen LogP contribution is 2.28. The Morgan fingerprint density at radius 2 is 2.09 bits per heavy atom. The van der Waals surface area contributed by atoms with E-state index < -0.39 is 0 Å². The van der Waals surface area contributed by atoms with Crippen LogP contribution >= 0.6 is 35.3 Å². The first kappa shape index (κ1) is 20.7. The number of hydrogen-bond donors (Lipinski definition) is 2. The Morgan fingerprint density at radius 1 is 1.35 bits per heavy atom. The molecule has 0 aliphatic heterocycles. The summed E-state index contributed by atoms with van der Waals surface area (Å²) in [5.41, 5.74) is 1.18. The molecule has 1 aromatic heterocycles. The summed E-state index contributed by atoms with van der Waals surface area (Å²) in [6.45, 7) is 8.51. The fraction of sp³-hybridized carbons (Fsp3) is 0.765. The van der Waals surface area contributed by atoms with Crippen molar-refractivity contribution in [3.05, 3.63) is 16.1 Å². The lowest BCUT2D eigenvalue weighted by molar-refractivity contribution is 0.256. The van der Waals surface area contributed by atoms with Crippen molar-refractivity contribution >= 4 is 41.3 Å². The van der Waals surface area contributed by atoms with Crippen LogP contribution in [0.15, 0.2) is 10.4 Å². The highest BCUT2D eigenvalue weighted by molar-refractivity contribution is 14.0. The fourth-order valence-electron chi connectivity index (χ4n) is 2.98. The van der Waals surface area contributed by atoms with Crippen molar-refractivity contribution in [2.24, 2.45) is 16.8 Å². The number of guanidine groups is 1. The lowest BCUT2D eigenvalue weighted by Gasteiger charge is -2.29. The van der Waals surface area contributed by atoms with Crippen molar-refractivity contribution < 1.29 is 0 Å². The van der Waals surface area contributed by atoms with E-state index in [9.17, 15) is 0 Å². The summed E-state index contributed by atoms with van der Waals surface area (Å²) in [6.07, 6.45) is 5.48. The zero-order chi connectivity index (χ0) is 15.9. The first-order valence-electron chi connectivity index (χ1n) is 8.49. The first-order valence-corrected chi connectivity index (χ1v) is 9.37. The van der Waals surface area contributed by atoms with Gasteiger partial charge in [-0.1, -0.05) is 40.0 Å². The maximum atomic E-state index is 4.65. The molecular formula is C17H31IN4S. The van der Waals surface area contributed by atoms with Crippen molar-refractivity contribution in [3.63, 3.8) is 0 Å². The van der Waals surface area contributed by atoms with Gasteiger partial charge in [-0.2, -0.15) is 0 Å². The topological polar surface area (TPSA) is 49.3 Å². The second kappa shape index (κ2) is 10.5. The molecule has 0 spiro atoms. The Labute approximate surface area is 162 Å². The van der Waals surface area contributed by atoms with Gasteiger partial charge in [-0.15, -0.1) is 35.3 Å². The summed E-state index contributed by atoms with van der Waals surface area (Å²) in [7, 11) is 1.83. The molecule has 1 saturated carbocycles. The highest BCUT2D eigenvalue weighted by Gasteiger charge is 2.21. The van der Waals surface area contributed by atoms with Crippen LogP contribution in [0.1, 0.15) is 63.1 Å². The summed E-state index contributed by atoms with van der Waals surface area (Å²) in [5.74, 6) is 2.99. The minimum absolute atomic E-state index is 0. The van der Waals surface area contributed by atoms with Crippen LogP contribution < -0.4 is 10.6 Å². The molecule has 4 nitrogen and oxygen atoms in total. The molecule has 2 unspecified atom stereocenters. The predicted octanol–water partition coefficient (Wildman–Crippen LogP) is 4.38. The summed E-state index contributed by atoms with van der Waals surface area (Å²) >= 11 is 1.72. The van der Waals surface area contributed by atoms with E-state index in [0.29, 0.717) is 5.92 Å². The minimum atomic E-state index is 0. The lowest BCUT2D eigenvalue weighted by atomic mass is 9.80. The fourth-order valence-corrected chi connectivity index (χ4v) is 3.87. The van der Waals surface area contributed by atoms with E-state index in [0.717, 1.165) is 35.9 Å². The van der Waals surface area contributed by atoms with Gasteiger partial charge in [0, 0.05) is 19.0 Å². The van der Waals surface area contributed by atoms with Gasteiger partial charge in [-0.3, -0.25) is 4.99 Å². The zero-order valence-corrected chi connectivity index (χ0v) is 17.9. The van der Waals surface area contributed by atoms with Gasteiger partial charge in [0.15, 0.2) is 5.96 Å².